The van der Waals surface area contributed by atoms with Crippen LogP contribution in [0.15, 0.2) is 65.1 Å². The first-order valence-corrected chi connectivity index (χ1v) is 22.4. The third-order valence-electron chi connectivity index (χ3n) is 10.4. The molecule has 2 aromatic carbocycles. The summed E-state index contributed by atoms with van der Waals surface area (Å²) in [7, 11) is 8.01. The number of benzene rings is 3. The maximum atomic E-state index is 14.3. The average molecular weight is 895 g/mol. The van der Waals surface area contributed by atoms with Crippen molar-refractivity contribution in [2.75, 3.05) is 171 Å². The second-order valence-electron chi connectivity index (χ2n) is 15.2. The fourth-order valence-corrected chi connectivity index (χ4v) is 7.07. The Morgan fingerprint density at radius 1 is 0.619 bits per heavy atom. The van der Waals surface area contributed by atoms with Gasteiger partial charge in [-0.1, -0.05) is 18.2 Å². The lowest BCUT2D eigenvalue weighted by molar-refractivity contribution is -0.134. The quantitative estimate of drug-likeness (QED) is 0.0341. The first-order chi connectivity index (χ1) is 30.8. The van der Waals surface area contributed by atoms with E-state index in [1.54, 1.807) is 0 Å². The second kappa shape index (κ2) is 27.9. The minimum Gasteiger partial charge on any atom is -0.790 e. The summed E-state index contributed by atoms with van der Waals surface area (Å²) in [5.74, 6) is 1.29. The molecule has 1 fully saturated rings. The van der Waals surface area contributed by atoms with Gasteiger partial charge in [-0.05, 0) is 29.8 Å². The highest BCUT2D eigenvalue weighted by Gasteiger charge is 2.28. The number of carbonyl (C=O) groups is 2. The van der Waals surface area contributed by atoms with E-state index in [2.05, 4.69) is 24.3 Å². The number of hydrogen-bond acceptors (Lipinski definition) is 13. The molecule has 0 spiro atoms. The molecule has 2 aliphatic heterocycles. The van der Waals surface area contributed by atoms with Crippen LogP contribution in [0, 0.1) is 0 Å². The van der Waals surface area contributed by atoms with Crippen LogP contribution in [0.25, 0.3) is 33.4 Å². The Hall–Kier alpha value is -4.10. The molecule has 2 aromatic rings. The molecule has 0 bridgehead atoms. The summed E-state index contributed by atoms with van der Waals surface area (Å²) in [6.45, 7) is 9.44. The van der Waals surface area contributed by atoms with E-state index in [0.29, 0.717) is 143 Å². The van der Waals surface area contributed by atoms with Crippen LogP contribution < -0.4 is 14.8 Å². The van der Waals surface area contributed by atoms with Crippen molar-refractivity contribution in [1.82, 2.24) is 14.4 Å². The summed E-state index contributed by atoms with van der Waals surface area (Å²) < 4.78 is 52.5. The molecular weight excluding hydrogens is 829 g/mol. The molecule has 1 aliphatic carbocycles. The van der Waals surface area contributed by atoms with Crippen molar-refractivity contribution in [2.45, 2.75) is 6.42 Å². The highest BCUT2D eigenvalue weighted by atomic mass is 32.1. The minimum atomic E-state index is -0.0590. The Labute approximate surface area is 377 Å². The molecule has 5 rings (SSSR count). The zero-order valence-corrected chi connectivity index (χ0v) is 38.3. The molecule has 15 nitrogen and oxygen atoms in total. The summed E-state index contributed by atoms with van der Waals surface area (Å²) in [6.07, 6.45) is 0.270. The van der Waals surface area contributed by atoms with Gasteiger partial charge in [0.2, 0.25) is 11.3 Å². The zero-order chi connectivity index (χ0) is 44.7. The lowest BCUT2D eigenvalue weighted by Crippen LogP contribution is -2.50. The molecule has 346 valence electrons. The number of fused-ring (bicyclic) bond motifs is 2. The van der Waals surface area contributed by atoms with Gasteiger partial charge in [-0.3, -0.25) is 9.59 Å². The molecule has 16 heteroatoms. The first-order valence-electron chi connectivity index (χ1n) is 21.8. The van der Waals surface area contributed by atoms with E-state index < -0.39 is 0 Å². The fraction of sp³-hybridized carbons (Fsp3) is 0.553. The van der Waals surface area contributed by atoms with Gasteiger partial charge in [-0.15, -0.1) is 0 Å². The van der Waals surface area contributed by atoms with Crippen LogP contribution in [0.5, 0.6) is 0 Å². The van der Waals surface area contributed by atoms with Crippen LogP contribution in [-0.4, -0.2) is 187 Å². The number of hydrogen-bond donors (Lipinski definition) is 0. The van der Waals surface area contributed by atoms with Crippen molar-refractivity contribution in [3.05, 3.63) is 71.6 Å². The van der Waals surface area contributed by atoms with Crippen molar-refractivity contribution >= 4 is 41.1 Å². The van der Waals surface area contributed by atoms with Gasteiger partial charge in [-0.2, -0.15) is 5.75 Å². The van der Waals surface area contributed by atoms with Gasteiger partial charge in [0, 0.05) is 86.8 Å². The Morgan fingerprint density at radius 2 is 1.13 bits per heavy atom. The summed E-state index contributed by atoms with van der Waals surface area (Å²) in [4.78, 5) is 33.0. The predicted octanol–water partition coefficient (Wildman–Crippen LogP) is 3.66. The number of amides is 2. The Bertz CT molecular complexity index is 2020. The number of rotatable bonds is 29. The van der Waals surface area contributed by atoms with Crippen molar-refractivity contribution in [2.24, 2.45) is 0 Å². The number of ether oxygens (including phenoxy) is 8. The highest BCUT2D eigenvalue weighted by molar-refractivity contribution is 7.58. The van der Waals surface area contributed by atoms with Gasteiger partial charge in [0.1, 0.15) is 25.4 Å². The third kappa shape index (κ3) is 16.1. The predicted molar refractivity (Wildman–Crippen MR) is 246 cm³/mol. The van der Waals surface area contributed by atoms with Gasteiger partial charge < -0.3 is 69.6 Å². The standard InChI is InChI=1S/C47H66N4O11S/c1-48(2)37-9-11-41-43(35-37)62-44-36-38(49(3)4)10-12-42(44)46(41)39-7-5-6-8-40(39)47(53)51-16-14-50(15-17-51)45(52)13-18-54-19-20-55-21-22-56-23-24-57-25-26-58-27-28-59-29-30-60-31-32-61-33-34-63/h5-12,35-36H,13-34H2,1-4H3. The Morgan fingerprint density at radius 3 is 1.65 bits per heavy atom. The van der Waals surface area contributed by atoms with Crippen molar-refractivity contribution in [3.8, 4) is 22.5 Å². The van der Waals surface area contributed by atoms with Crippen LogP contribution in [0.1, 0.15) is 16.8 Å². The van der Waals surface area contributed by atoms with Crippen molar-refractivity contribution in [1.29, 1.82) is 0 Å². The summed E-state index contributed by atoms with van der Waals surface area (Å²) in [5.41, 5.74) is 5.11. The molecule has 0 radical (unpaired) electrons. The SMILES string of the molecule is CN(C)c1ccc2c(-c3ccccc3C(=O)N3CCN(C(=O)CCOCCOCCOCCOCCOCCOCCOCCOCC[S-])CC3)c3ccc(=[N+](C)C)cc-3oc2c1. The molecule has 2 amide bonds. The monoisotopic (exact) mass is 894 g/mol. The van der Waals surface area contributed by atoms with E-state index in [1.807, 2.05) is 83.9 Å². The van der Waals surface area contributed by atoms with E-state index in [1.165, 1.54) is 0 Å². The molecule has 0 unspecified atom stereocenters. The normalized spacial score (nSPS) is 13.0. The molecule has 0 N–H and O–H groups in total. The molecule has 0 saturated carbocycles. The molecule has 2 heterocycles. The lowest BCUT2D eigenvalue weighted by atomic mass is 9.90. The van der Waals surface area contributed by atoms with Crippen molar-refractivity contribution in [3.63, 3.8) is 0 Å². The van der Waals surface area contributed by atoms with E-state index in [-0.39, 0.29) is 18.2 Å². The minimum absolute atomic E-state index is 0.0126. The molecule has 0 atom stereocenters. The lowest BCUT2D eigenvalue weighted by Gasteiger charge is -2.35. The molecule has 0 aromatic heterocycles. The second-order valence-corrected chi connectivity index (χ2v) is 15.6. The molecule has 1 saturated heterocycles. The van der Waals surface area contributed by atoms with Gasteiger partial charge in [0.15, 0.2) is 0 Å². The van der Waals surface area contributed by atoms with Gasteiger partial charge in [0.25, 0.3) is 5.91 Å². The van der Waals surface area contributed by atoms with Gasteiger partial charge >= 0.3 is 0 Å². The van der Waals surface area contributed by atoms with Crippen LogP contribution in [-0.2, 0) is 55.3 Å². The third-order valence-corrected chi connectivity index (χ3v) is 10.5. The number of nitrogens with zero attached hydrogens (tertiary/aromatic N) is 4. The smallest absolute Gasteiger partial charge is 0.254 e. The number of anilines is 1. The van der Waals surface area contributed by atoms with Gasteiger partial charge in [0.05, 0.1) is 112 Å². The summed E-state index contributed by atoms with van der Waals surface area (Å²) in [5, 5.41) is 1.95. The van der Waals surface area contributed by atoms with E-state index in [9.17, 15) is 9.59 Å². The van der Waals surface area contributed by atoms with E-state index in [4.69, 9.17) is 54.9 Å². The average Bonchev–Trinajstić information content (AvgIpc) is 3.30. The molecule has 63 heavy (non-hydrogen) atoms. The number of piperazine rings is 1. The van der Waals surface area contributed by atoms with Crippen LogP contribution in [0.2, 0.25) is 0 Å². The maximum Gasteiger partial charge on any atom is 0.254 e. The zero-order valence-electron chi connectivity index (χ0n) is 37.5. The first kappa shape index (κ1) is 49.9. The fourth-order valence-electron chi connectivity index (χ4n) is 6.95. The van der Waals surface area contributed by atoms with E-state index >= 15 is 0 Å². The number of carbonyl (C=O) groups excluding carboxylic acids is 2. The summed E-state index contributed by atoms with van der Waals surface area (Å²) >= 11 is 4.81. The molecule has 3 aliphatic rings. The van der Waals surface area contributed by atoms with Crippen LogP contribution in [0.4, 0.5) is 5.69 Å². The maximum absolute atomic E-state index is 14.3. The van der Waals surface area contributed by atoms with Crippen LogP contribution in [0.3, 0.4) is 0 Å². The van der Waals surface area contributed by atoms with Crippen molar-refractivity contribution < 1.29 is 51.9 Å². The van der Waals surface area contributed by atoms with E-state index in [0.717, 1.165) is 44.5 Å². The Balaban J connectivity index is 0.937. The summed E-state index contributed by atoms with van der Waals surface area (Å²) in [6, 6.07) is 20.2. The Kier molecular flexibility index (Phi) is 22.1. The topological polar surface area (TPSA) is 134 Å². The van der Waals surface area contributed by atoms with Gasteiger partial charge in [-0.25, -0.2) is 4.58 Å². The highest BCUT2D eigenvalue weighted by Crippen LogP contribution is 2.42. The van der Waals surface area contributed by atoms with Crippen LogP contribution >= 0.6 is 0 Å². The largest absolute Gasteiger partial charge is 0.790 e. The molecular formula is C47H66N4O11S.